The summed E-state index contributed by atoms with van der Waals surface area (Å²) in [5.41, 5.74) is 6.04. The highest BCUT2D eigenvalue weighted by Gasteiger charge is 2.25. The number of hydrogen-bond donors (Lipinski definition) is 2. The molecule has 0 saturated carbocycles. The molecule has 2 N–H and O–H groups in total. The van der Waals surface area contributed by atoms with E-state index in [1.54, 1.807) is 13.2 Å². The molecule has 1 aliphatic rings. The predicted octanol–water partition coefficient (Wildman–Crippen LogP) is 5.39. The molecule has 0 aliphatic carbocycles. The minimum Gasteiger partial charge on any atom is -0.496 e. The van der Waals surface area contributed by atoms with Gasteiger partial charge in [-0.2, -0.15) is 0 Å². The van der Waals surface area contributed by atoms with Crippen LogP contribution in [0.2, 0.25) is 0 Å². The second kappa shape index (κ2) is 8.11. The van der Waals surface area contributed by atoms with Gasteiger partial charge in [-0.05, 0) is 58.9 Å². The molecule has 0 fully saturated rings. The molecule has 1 aliphatic heterocycles. The number of methoxy groups -OCH3 is 1. The van der Waals surface area contributed by atoms with E-state index in [-0.39, 0.29) is 11.8 Å². The largest absolute Gasteiger partial charge is 0.496 e. The highest BCUT2D eigenvalue weighted by Crippen LogP contribution is 2.39. The summed E-state index contributed by atoms with van der Waals surface area (Å²) in [5.74, 6) is 1.23. The molecule has 2 aromatic rings. The molecule has 152 valence electrons. The zero-order chi connectivity index (χ0) is 21.3. The summed E-state index contributed by atoms with van der Waals surface area (Å²) in [6.45, 7) is 10.0. The molecule has 0 bridgehead atoms. The molecule has 1 heterocycles. The summed E-state index contributed by atoms with van der Waals surface area (Å²) in [6.07, 6.45) is 1.93. The molecule has 0 spiro atoms. The van der Waals surface area contributed by atoms with Crippen LogP contribution in [-0.4, -0.2) is 18.9 Å². The maximum absolute atomic E-state index is 12.6. The third-order valence-electron chi connectivity index (χ3n) is 5.05. The van der Waals surface area contributed by atoms with E-state index >= 15 is 0 Å². The fraction of sp³-hybridized carbons (Fsp3) is 0.333. The van der Waals surface area contributed by atoms with Crippen LogP contribution in [0.4, 0.5) is 11.4 Å². The molecule has 29 heavy (non-hydrogen) atoms. The quantitative estimate of drug-likeness (QED) is 0.670. The first kappa shape index (κ1) is 20.6. The van der Waals surface area contributed by atoms with Gasteiger partial charge in [0.2, 0.25) is 5.91 Å². The number of rotatable bonds is 5. The van der Waals surface area contributed by atoms with Crippen LogP contribution in [0, 0.1) is 0 Å². The summed E-state index contributed by atoms with van der Waals surface area (Å²) in [5, 5.41) is 5.64. The lowest BCUT2D eigenvalue weighted by molar-refractivity contribution is -0.114. The smallest absolute Gasteiger partial charge is 0.256 e. The van der Waals surface area contributed by atoms with E-state index in [2.05, 4.69) is 50.5 Å². The Morgan fingerprint density at radius 1 is 1.07 bits per heavy atom. The van der Waals surface area contributed by atoms with Gasteiger partial charge in [0.1, 0.15) is 5.75 Å². The van der Waals surface area contributed by atoms with Crippen LogP contribution < -0.4 is 15.4 Å². The maximum atomic E-state index is 12.6. The normalized spacial score (nSPS) is 14.3. The molecular weight excluding hydrogens is 364 g/mol. The van der Waals surface area contributed by atoms with E-state index in [0.717, 1.165) is 28.0 Å². The average Bonchev–Trinajstić information content (AvgIpc) is 2.94. The van der Waals surface area contributed by atoms with E-state index in [1.807, 2.05) is 18.2 Å². The number of anilines is 2. The third-order valence-corrected chi connectivity index (χ3v) is 5.05. The van der Waals surface area contributed by atoms with Gasteiger partial charge >= 0.3 is 0 Å². The van der Waals surface area contributed by atoms with Crippen molar-refractivity contribution < 1.29 is 14.3 Å². The van der Waals surface area contributed by atoms with E-state index in [4.69, 9.17) is 4.74 Å². The number of benzene rings is 2. The van der Waals surface area contributed by atoms with Crippen LogP contribution in [0.5, 0.6) is 5.75 Å². The average molecular weight is 392 g/mol. The van der Waals surface area contributed by atoms with Gasteiger partial charge in [0.05, 0.1) is 12.8 Å². The van der Waals surface area contributed by atoms with Gasteiger partial charge in [-0.15, -0.1) is 0 Å². The van der Waals surface area contributed by atoms with Crippen molar-refractivity contribution in [3.05, 3.63) is 52.6 Å². The van der Waals surface area contributed by atoms with Crippen LogP contribution >= 0.6 is 0 Å². The molecule has 2 amide bonds. The summed E-state index contributed by atoms with van der Waals surface area (Å²) >= 11 is 0. The highest BCUT2D eigenvalue weighted by molar-refractivity contribution is 6.35. The van der Waals surface area contributed by atoms with Gasteiger partial charge in [0, 0.05) is 23.7 Å². The van der Waals surface area contributed by atoms with Crippen LogP contribution in [0.25, 0.3) is 11.6 Å². The van der Waals surface area contributed by atoms with Crippen LogP contribution in [-0.2, 0) is 9.59 Å². The minimum absolute atomic E-state index is 0.145. The molecule has 5 heteroatoms. The summed E-state index contributed by atoms with van der Waals surface area (Å²) in [4.78, 5) is 23.9. The Kier molecular flexibility index (Phi) is 5.78. The first-order valence-corrected chi connectivity index (χ1v) is 9.88. The van der Waals surface area contributed by atoms with Gasteiger partial charge in [-0.3, -0.25) is 9.59 Å². The Morgan fingerprint density at radius 2 is 1.69 bits per heavy atom. The number of nitrogens with one attached hydrogen (secondary N) is 2. The zero-order valence-electron chi connectivity index (χ0n) is 17.8. The van der Waals surface area contributed by atoms with Crippen molar-refractivity contribution in [2.45, 2.75) is 46.5 Å². The van der Waals surface area contributed by atoms with Gasteiger partial charge in [-0.25, -0.2) is 0 Å². The molecule has 0 saturated heterocycles. The van der Waals surface area contributed by atoms with Crippen molar-refractivity contribution in [3.8, 4) is 5.75 Å². The Morgan fingerprint density at radius 3 is 2.21 bits per heavy atom. The summed E-state index contributed by atoms with van der Waals surface area (Å²) in [6, 6.07) is 9.64. The topological polar surface area (TPSA) is 67.4 Å². The molecule has 0 aromatic heterocycles. The highest BCUT2D eigenvalue weighted by atomic mass is 16.5. The van der Waals surface area contributed by atoms with Crippen LogP contribution in [0.1, 0.15) is 68.7 Å². The number of carbonyl (C=O) groups excluding carboxylic acids is 2. The van der Waals surface area contributed by atoms with E-state index in [9.17, 15) is 9.59 Å². The van der Waals surface area contributed by atoms with Crippen molar-refractivity contribution in [2.24, 2.45) is 0 Å². The standard InChI is InChI=1S/C24H28N2O3/c1-13(2)19-9-16(10-20(14(3)4)23(19)29-6)11-21-18-8-7-17(25-15(5)27)12-22(18)26-24(21)28/h7-14H,1-6H3,(H,25,27)(H,26,28)/b21-11-. The van der Waals surface area contributed by atoms with Gasteiger partial charge in [0.15, 0.2) is 0 Å². The van der Waals surface area contributed by atoms with Crippen LogP contribution in [0.15, 0.2) is 30.3 Å². The molecular formula is C24H28N2O3. The second-order valence-corrected chi connectivity index (χ2v) is 8.00. The first-order chi connectivity index (χ1) is 13.7. The zero-order valence-corrected chi connectivity index (χ0v) is 17.8. The fourth-order valence-electron chi connectivity index (χ4n) is 3.66. The van der Waals surface area contributed by atoms with Gasteiger partial charge in [-0.1, -0.05) is 33.8 Å². The van der Waals surface area contributed by atoms with Crippen molar-refractivity contribution in [1.29, 1.82) is 0 Å². The Labute approximate surface area is 172 Å². The first-order valence-electron chi connectivity index (χ1n) is 9.88. The van der Waals surface area contributed by atoms with Crippen molar-refractivity contribution in [2.75, 3.05) is 17.7 Å². The molecule has 5 nitrogen and oxygen atoms in total. The van der Waals surface area contributed by atoms with Crippen molar-refractivity contribution >= 4 is 34.8 Å². The lowest BCUT2D eigenvalue weighted by Crippen LogP contribution is -2.06. The number of hydrogen-bond acceptors (Lipinski definition) is 3. The predicted molar refractivity (Wildman–Crippen MR) is 118 cm³/mol. The Balaban J connectivity index is 2.09. The van der Waals surface area contributed by atoms with Crippen LogP contribution in [0.3, 0.4) is 0 Å². The molecule has 2 aromatic carbocycles. The fourth-order valence-corrected chi connectivity index (χ4v) is 3.66. The summed E-state index contributed by atoms with van der Waals surface area (Å²) < 4.78 is 5.71. The molecule has 0 atom stereocenters. The number of ether oxygens (including phenoxy) is 1. The second-order valence-electron chi connectivity index (χ2n) is 8.00. The monoisotopic (exact) mass is 392 g/mol. The number of fused-ring (bicyclic) bond motifs is 1. The third kappa shape index (κ3) is 4.19. The maximum Gasteiger partial charge on any atom is 0.256 e. The van der Waals surface area contributed by atoms with E-state index < -0.39 is 0 Å². The van der Waals surface area contributed by atoms with Crippen molar-refractivity contribution in [3.63, 3.8) is 0 Å². The molecule has 0 radical (unpaired) electrons. The number of amides is 2. The van der Waals surface area contributed by atoms with E-state index in [1.165, 1.54) is 6.92 Å². The number of carbonyl (C=O) groups is 2. The molecule has 0 unspecified atom stereocenters. The molecule has 3 rings (SSSR count). The van der Waals surface area contributed by atoms with Gasteiger partial charge < -0.3 is 15.4 Å². The van der Waals surface area contributed by atoms with E-state index in [0.29, 0.717) is 28.8 Å². The van der Waals surface area contributed by atoms with Gasteiger partial charge in [0.25, 0.3) is 5.91 Å². The van der Waals surface area contributed by atoms with Crippen molar-refractivity contribution in [1.82, 2.24) is 0 Å². The SMILES string of the molecule is COc1c(C(C)C)cc(/C=C2\C(=O)Nc3cc(NC(C)=O)ccc32)cc1C(C)C. The Bertz CT molecular complexity index is 974. The summed E-state index contributed by atoms with van der Waals surface area (Å²) in [7, 11) is 1.71. The lowest BCUT2D eigenvalue weighted by Gasteiger charge is -2.19. The minimum atomic E-state index is -0.147. The Hall–Kier alpha value is -3.08. The lowest BCUT2D eigenvalue weighted by atomic mass is 9.90.